The molecule has 1 heterocycles. The quantitative estimate of drug-likeness (QED) is 0.509. The Morgan fingerprint density at radius 2 is 2.17 bits per heavy atom. The lowest BCUT2D eigenvalue weighted by molar-refractivity contribution is -0.384. The third kappa shape index (κ3) is 3.05. The van der Waals surface area contributed by atoms with Gasteiger partial charge in [0.15, 0.2) is 0 Å². The number of nitrogens with zero attached hydrogens (tertiary/aromatic N) is 2. The molecule has 0 saturated heterocycles. The zero-order chi connectivity index (χ0) is 18.0. The van der Waals surface area contributed by atoms with Gasteiger partial charge in [0.05, 0.1) is 23.6 Å². The molecule has 1 aromatic carbocycles. The maximum atomic E-state index is 12.2. The molecule has 1 atom stereocenters. The van der Waals surface area contributed by atoms with Crippen molar-refractivity contribution < 1.29 is 19.2 Å². The van der Waals surface area contributed by atoms with E-state index < -0.39 is 23.0 Å². The van der Waals surface area contributed by atoms with Crippen molar-refractivity contribution in [3.63, 3.8) is 0 Å². The van der Waals surface area contributed by atoms with Crippen molar-refractivity contribution in [1.82, 2.24) is 10.2 Å². The summed E-state index contributed by atoms with van der Waals surface area (Å²) in [6.07, 6.45) is 0. The first-order valence-electron chi connectivity index (χ1n) is 7.12. The lowest BCUT2D eigenvalue weighted by Crippen LogP contribution is -2.47. The van der Waals surface area contributed by atoms with Gasteiger partial charge < -0.3 is 10.1 Å². The smallest absolute Gasteiger partial charge is 0.337 e. The van der Waals surface area contributed by atoms with Crippen LogP contribution >= 0.6 is 11.6 Å². The first-order valence-corrected chi connectivity index (χ1v) is 7.50. The minimum absolute atomic E-state index is 0.0265. The number of nitro groups is 1. The fourth-order valence-corrected chi connectivity index (χ4v) is 2.82. The highest BCUT2D eigenvalue weighted by atomic mass is 35.5. The molecule has 2 amide bonds. The molecule has 1 N–H and O–H groups in total. The number of amides is 2. The van der Waals surface area contributed by atoms with Gasteiger partial charge in [0, 0.05) is 18.3 Å². The number of esters is 1. The van der Waals surface area contributed by atoms with Gasteiger partial charge in [0.2, 0.25) is 0 Å². The number of allylic oxidation sites excluding steroid dienone is 1. The van der Waals surface area contributed by atoms with Gasteiger partial charge in [-0.1, -0.05) is 17.7 Å². The van der Waals surface area contributed by atoms with Crippen molar-refractivity contribution in [2.24, 2.45) is 0 Å². The van der Waals surface area contributed by atoms with E-state index in [4.69, 9.17) is 16.3 Å². The number of hydrogen-bond acceptors (Lipinski definition) is 5. The van der Waals surface area contributed by atoms with Crippen LogP contribution in [0.1, 0.15) is 25.5 Å². The molecule has 0 spiro atoms. The fourth-order valence-electron chi connectivity index (χ4n) is 2.64. The van der Waals surface area contributed by atoms with Crippen LogP contribution in [0, 0.1) is 10.1 Å². The zero-order valence-electron chi connectivity index (χ0n) is 13.3. The average Bonchev–Trinajstić information content (AvgIpc) is 2.54. The molecular formula is C15H16ClN3O5. The molecule has 8 nitrogen and oxygen atoms in total. The maximum Gasteiger partial charge on any atom is 0.337 e. The number of nitro benzene ring substituents is 1. The van der Waals surface area contributed by atoms with Crippen molar-refractivity contribution in [3.8, 4) is 0 Å². The Balaban J connectivity index is 2.61. The molecule has 1 aliphatic heterocycles. The molecule has 128 valence electrons. The molecule has 1 aliphatic rings. The zero-order valence-corrected chi connectivity index (χ0v) is 14.1. The Morgan fingerprint density at radius 1 is 1.50 bits per heavy atom. The lowest BCUT2D eigenvalue weighted by Gasteiger charge is -2.34. The molecule has 2 rings (SSSR count). The van der Waals surface area contributed by atoms with E-state index >= 15 is 0 Å². The van der Waals surface area contributed by atoms with Crippen molar-refractivity contribution in [1.29, 1.82) is 0 Å². The molecule has 1 aromatic rings. The summed E-state index contributed by atoms with van der Waals surface area (Å²) in [7, 11) is 1.23. The first-order chi connectivity index (χ1) is 11.3. The van der Waals surface area contributed by atoms with Gasteiger partial charge in [-0.25, -0.2) is 9.59 Å². The Hall–Kier alpha value is -2.61. The van der Waals surface area contributed by atoms with E-state index in [1.165, 1.54) is 30.2 Å². The molecule has 0 bridgehead atoms. The molecule has 0 saturated carbocycles. The summed E-state index contributed by atoms with van der Waals surface area (Å²) in [5.74, 6) is -0.617. The number of nitrogens with one attached hydrogen (secondary N) is 1. The summed E-state index contributed by atoms with van der Waals surface area (Å²) in [4.78, 5) is 36.3. The second-order valence-corrected chi connectivity index (χ2v) is 5.49. The minimum Gasteiger partial charge on any atom is -0.466 e. The first kappa shape index (κ1) is 17.7. The van der Waals surface area contributed by atoms with Crippen LogP contribution in [-0.4, -0.2) is 35.5 Å². The van der Waals surface area contributed by atoms with E-state index in [9.17, 15) is 19.7 Å². The van der Waals surface area contributed by atoms with Crippen LogP contribution in [0.15, 0.2) is 29.5 Å². The molecule has 1 unspecified atom stereocenters. The maximum absolute atomic E-state index is 12.2. The minimum atomic E-state index is -0.858. The van der Waals surface area contributed by atoms with Crippen LogP contribution in [0.5, 0.6) is 0 Å². The number of methoxy groups -OCH3 is 1. The summed E-state index contributed by atoms with van der Waals surface area (Å²) < 4.78 is 4.81. The van der Waals surface area contributed by atoms with Crippen molar-refractivity contribution >= 4 is 29.3 Å². The van der Waals surface area contributed by atoms with Gasteiger partial charge in [-0.05, 0) is 25.5 Å². The van der Waals surface area contributed by atoms with Crippen molar-refractivity contribution in [3.05, 3.63) is 50.2 Å². The van der Waals surface area contributed by atoms with Crippen LogP contribution < -0.4 is 5.32 Å². The summed E-state index contributed by atoms with van der Waals surface area (Å²) >= 11 is 5.82. The molecule has 24 heavy (non-hydrogen) atoms. The van der Waals surface area contributed by atoms with Crippen LogP contribution in [0.2, 0.25) is 5.02 Å². The lowest BCUT2D eigenvalue weighted by atomic mass is 9.94. The van der Waals surface area contributed by atoms with Crippen LogP contribution in [0.25, 0.3) is 0 Å². The van der Waals surface area contributed by atoms with Gasteiger partial charge in [-0.15, -0.1) is 0 Å². The molecular weight excluding hydrogens is 338 g/mol. The third-order valence-electron chi connectivity index (χ3n) is 3.82. The number of rotatable bonds is 4. The van der Waals surface area contributed by atoms with E-state index in [1.807, 2.05) is 0 Å². The predicted molar refractivity (Wildman–Crippen MR) is 86.5 cm³/mol. The fraction of sp³-hybridized carbons (Fsp3) is 0.333. The van der Waals surface area contributed by atoms with Gasteiger partial charge in [0.25, 0.3) is 5.69 Å². The summed E-state index contributed by atoms with van der Waals surface area (Å²) in [5.41, 5.74) is 0.726. The Labute approximate surface area is 143 Å². The molecule has 0 fully saturated rings. The Morgan fingerprint density at radius 3 is 2.71 bits per heavy atom. The van der Waals surface area contributed by atoms with E-state index in [2.05, 4.69) is 5.32 Å². The number of urea groups is 1. The van der Waals surface area contributed by atoms with Gasteiger partial charge in [0.1, 0.15) is 5.02 Å². The van der Waals surface area contributed by atoms with E-state index in [1.54, 1.807) is 13.8 Å². The SMILES string of the molecule is CCN1C(=O)NC(c2ccc(Cl)c([N+](=O)[O-])c2)C(C(=O)OC)=C1C. The number of hydrogen-bond donors (Lipinski definition) is 1. The molecule has 0 aliphatic carbocycles. The second kappa shape index (κ2) is 6.88. The highest BCUT2D eigenvalue weighted by Crippen LogP contribution is 2.34. The highest BCUT2D eigenvalue weighted by molar-refractivity contribution is 6.32. The van der Waals surface area contributed by atoms with E-state index in [-0.39, 0.29) is 16.3 Å². The Bertz CT molecular complexity index is 747. The van der Waals surface area contributed by atoms with Crippen molar-refractivity contribution in [2.45, 2.75) is 19.9 Å². The predicted octanol–water partition coefficient (Wildman–Crippen LogP) is 2.78. The van der Waals surface area contributed by atoms with Crippen LogP contribution in [-0.2, 0) is 9.53 Å². The van der Waals surface area contributed by atoms with Crippen LogP contribution in [0.3, 0.4) is 0 Å². The molecule has 9 heteroatoms. The molecule has 0 aromatic heterocycles. The van der Waals surface area contributed by atoms with Crippen LogP contribution in [0.4, 0.5) is 10.5 Å². The number of ether oxygens (including phenoxy) is 1. The topological polar surface area (TPSA) is 102 Å². The average molecular weight is 354 g/mol. The summed E-state index contributed by atoms with van der Waals surface area (Å²) in [5, 5.41) is 13.7. The molecule has 0 radical (unpaired) electrons. The Kier molecular flexibility index (Phi) is 5.08. The third-order valence-corrected chi connectivity index (χ3v) is 4.14. The number of halogens is 1. The summed E-state index contributed by atoms with van der Waals surface area (Å²) in [6, 6.07) is 2.87. The van der Waals surface area contributed by atoms with E-state index in [0.717, 1.165) is 0 Å². The van der Waals surface area contributed by atoms with Crippen molar-refractivity contribution in [2.75, 3.05) is 13.7 Å². The normalized spacial score (nSPS) is 17.6. The largest absolute Gasteiger partial charge is 0.466 e. The highest BCUT2D eigenvalue weighted by Gasteiger charge is 2.36. The standard InChI is InChI=1S/C15H16ClN3O5/c1-4-18-8(2)12(14(20)24-3)13(17-15(18)21)9-5-6-10(16)11(7-9)19(22)23/h5-7,13H,4H2,1-3H3,(H,17,21). The van der Waals surface area contributed by atoms with Gasteiger partial charge in [-0.2, -0.15) is 0 Å². The number of carbonyl (C=O) groups excluding carboxylic acids is 2. The number of benzene rings is 1. The van der Waals surface area contributed by atoms with Gasteiger partial charge in [-0.3, -0.25) is 15.0 Å². The van der Waals surface area contributed by atoms with E-state index in [0.29, 0.717) is 17.8 Å². The number of carbonyl (C=O) groups is 2. The second-order valence-electron chi connectivity index (χ2n) is 5.09. The summed E-state index contributed by atoms with van der Waals surface area (Å²) in [6.45, 7) is 3.77. The van der Waals surface area contributed by atoms with Gasteiger partial charge >= 0.3 is 12.0 Å². The monoisotopic (exact) mass is 353 g/mol.